The number of nitrogens with zero attached hydrogens (tertiary/aromatic N) is 3. The lowest BCUT2D eigenvalue weighted by Crippen LogP contribution is -2.15. The molecule has 1 amide bonds. The molecule has 0 unspecified atom stereocenters. The number of carbonyl (C=O) groups is 1. The van der Waals surface area contributed by atoms with Gasteiger partial charge in [0.15, 0.2) is 5.65 Å². The largest absolute Gasteiger partial charge is 0.321 e. The Balaban J connectivity index is 1.91. The topological polar surface area (TPSA) is 59.3 Å². The van der Waals surface area contributed by atoms with Gasteiger partial charge in [0, 0.05) is 17.4 Å². The minimum absolute atomic E-state index is 0.294. The zero-order valence-corrected chi connectivity index (χ0v) is 11.6. The molecule has 2 heterocycles. The highest BCUT2D eigenvalue weighted by molar-refractivity contribution is 6.03. The van der Waals surface area contributed by atoms with Crippen LogP contribution in [0, 0.1) is 19.7 Å². The van der Waals surface area contributed by atoms with Gasteiger partial charge in [-0.25, -0.2) is 13.9 Å². The highest BCUT2D eigenvalue weighted by Gasteiger charge is 2.11. The predicted octanol–water partition coefficient (Wildman–Crippen LogP) is 2.74. The number of nitrogens with one attached hydrogen (secondary N) is 1. The smallest absolute Gasteiger partial charge is 0.274 e. The van der Waals surface area contributed by atoms with E-state index in [-0.39, 0.29) is 11.7 Å². The van der Waals surface area contributed by atoms with Crippen LogP contribution in [0.15, 0.2) is 36.5 Å². The number of anilines is 1. The summed E-state index contributed by atoms with van der Waals surface area (Å²) in [7, 11) is 0. The standard InChI is InChI=1S/C15H13FN4O/c1-9-7-11(3-4-12(9)16)18-15(21)13-8-10(2)20-14(19-13)5-6-17-20/h3-8H,1-2H3,(H,18,21). The molecule has 0 aliphatic rings. The molecule has 0 saturated heterocycles. The Labute approximate surface area is 120 Å². The molecular weight excluding hydrogens is 271 g/mol. The Morgan fingerprint density at radius 1 is 1.24 bits per heavy atom. The molecule has 0 bridgehead atoms. The monoisotopic (exact) mass is 284 g/mol. The molecule has 1 aromatic carbocycles. The van der Waals surface area contributed by atoms with Crippen molar-refractivity contribution in [3.63, 3.8) is 0 Å². The molecule has 0 aliphatic heterocycles. The van der Waals surface area contributed by atoms with Gasteiger partial charge in [-0.3, -0.25) is 4.79 Å². The third-order valence-electron chi connectivity index (χ3n) is 3.19. The minimum Gasteiger partial charge on any atom is -0.321 e. The van der Waals surface area contributed by atoms with Gasteiger partial charge in [-0.05, 0) is 43.7 Å². The van der Waals surface area contributed by atoms with Crippen LogP contribution in [-0.2, 0) is 0 Å². The lowest BCUT2D eigenvalue weighted by molar-refractivity contribution is 0.102. The van der Waals surface area contributed by atoms with E-state index in [1.54, 1.807) is 35.8 Å². The molecule has 3 rings (SSSR count). The van der Waals surface area contributed by atoms with Gasteiger partial charge in [0.05, 0.1) is 6.20 Å². The highest BCUT2D eigenvalue weighted by Crippen LogP contribution is 2.15. The van der Waals surface area contributed by atoms with Crippen molar-refractivity contribution >= 4 is 17.2 Å². The number of benzene rings is 1. The summed E-state index contributed by atoms with van der Waals surface area (Å²) >= 11 is 0. The summed E-state index contributed by atoms with van der Waals surface area (Å²) < 4.78 is 14.9. The molecular formula is C15H13FN4O. The van der Waals surface area contributed by atoms with Crippen LogP contribution in [-0.4, -0.2) is 20.5 Å². The molecule has 6 heteroatoms. The maximum absolute atomic E-state index is 13.2. The van der Waals surface area contributed by atoms with E-state index < -0.39 is 0 Å². The second kappa shape index (κ2) is 4.97. The first kappa shape index (κ1) is 13.2. The van der Waals surface area contributed by atoms with Crippen LogP contribution in [0.2, 0.25) is 0 Å². The van der Waals surface area contributed by atoms with E-state index in [1.807, 2.05) is 6.92 Å². The van der Waals surface area contributed by atoms with Crippen molar-refractivity contribution in [1.82, 2.24) is 14.6 Å². The quantitative estimate of drug-likeness (QED) is 0.787. The number of rotatable bonds is 2. The summed E-state index contributed by atoms with van der Waals surface area (Å²) in [6.07, 6.45) is 1.63. The predicted molar refractivity (Wildman–Crippen MR) is 76.8 cm³/mol. The fourth-order valence-electron chi connectivity index (χ4n) is 2.10. The average molecular weight is 284 g/mol. The second-order valence-corrected chi connectivity index (χ2v) is 4.80. The van der Waals surface area contributed by atoms with Crippen LogP contribution in [0.3, 0.4) is 0 Å². The fourth-order valence-corrected chi connectivity index (χ4v) is 2.10. The third-order valence-corrected chi connectivity index (χ3v) is 3.19. The van der Waals surface area contributed by atoms with Crippen LogP contribution in [0.1, 0.15) is 21.7 Å². The van der Waals surface area contributed by atoms with E-state index in [4.69, 9.17) is 0 Å². The zero-order chi connectivity index (χ0) is 15.0. The normalized spacial score (nSPS) is 10.8. The van der Waals surface area contributed by atoms with E-state index in [1.165, 1.54) is 12.1 Å². The molecule has 0 aliphatic carbocycles. The Bertz CT molecular complexity index is 841. The minimum atomic E-state index is -0.340. The highest BCUT2D eigenvalue weighted by atomic mass is 19.1. The van der Waals surface area contributed by atoms with Gasteiger partial charge in [-0.15, -0.1) is 0 Å². The summed E-state index contributed by atoms with van der Waals surface area (Å²) in [6, 6.07) is 7.81. The van der Waals surface area contributed by atoms with Crippen molar-refractivity contribution in [3.05, 3.63) is 59.3 Å². The van der Waals surface area contributed by atoms with Gasteiger partial charge in [-0.2, -0.15) is 5.10 Å². The van der Waals surface area contributed by atoms with Crippen LogP contribution in [0.4, 0.5) is 10.1 Å². The second-order valence-electron chi connectivity index (χ2n) is 4.80. The Morgan fingerprint density at radius 2 is 2.05 bits per heavy atom. The van der Waals surface area contributed by atoms with Crippen molar-refractivity contribution in [2.45, 2.75) is 13.8 Å². The van der Waals surface area contributed by atoms with Crippen LogP contribution >= 0.6 is 0 Å². The SMILES string of the molecule is Cc1cc(NC(=O)c2cc(C)n3nccc3n2)ccc1F. The number of carbonyl (C=O) groups excluding carboxylic acids is 1. The van der Waals surface area contributed by atoms with Crippen molar-refractivity contribution in [3.8, 4) is 0 Å². The first-order chi connectivity index (χ1) is 10.0. The number of aryl methyl sites for hydroxylation is 2. The molecule has 0 saturated carbocycles. The first-order valence-corrected chi connectivity index (χ1v) is 6.43. The lowest BCUT2D eigenvalue weighted by atomic mass is 10.2. The molecule has 0 fully saturated rings. The van der Waals surface area contributed by atoms with E-state index in [0.29, 0.717) is 22.6 Å². The van der Waals surface area contributed by atoms with Gasteiger partial charge < -0.3 is 5.32 Å². The van der Waals surface area contributed by atoms with Crippen molar-refractivity contribution in [1.29, 1.82) is 0 Å². The zero-order valence-electron chi connectivity index (χ0n) is 11.6. The maximum Gasteiger partial charge on any atom is 0.274 e. The van der Waals surface area contributed by atoms with E-state index in [2.05, 4.69) is 15.4 Å². The maximum atomic E-state index is 13.2. The van der Waals surface area contributed by atoms with Gasteiger partial charge in [0.2, 0.25) is 0 Å². The molecule has 0 radical (unpaired) electrons. The number of fused-ring (bicyclic) bond motifs is 1. The molecule has 5 nitrogen and oxygen atoms in total. The van der Waals surface area contributed by atoms with Crippen LogP contribution in [0.25, 0.3) is 5.65 Å². The number of hydrogen-bond acceptors (Lipinski definition) is 3. The molecule has 0 spiro atoms. The van der Waals surface area contributed by atoms with Gasteiger partial charge in [0.1, 0.15) is 11.5 Å². The summed E-state index contributed by atoms with van der Waals surface area (Å²) in [6.45, 7) is 3.49. The van der Waals surface area contributed by atoms with E-state index in [0.717, 1.165) is 5.69 Å². The van der Waals surface area contributed by atoms with Crippen molar-refractivity contribution < 1.29 is 9.18 Å². The number of aromatic nitrogens is 3. The summed E-state index contributed by atoms with van der Waals surface area (Å²) in [5.41, 5.74) is 2.72. The fraction of sp³-hybridized carbons (Fsp3) is 0.133. The molecule has 1 N–H and O–H groups in total. The van der Waals surface area contributed by atoms with E-state index in [9.17, 15) is 9.18 Å². The average Bonchev–Trinajstić information content (AvgIpc) is 2.92. The van der Waals surface area contributed by atoms with Crippen molar-refractivity contribution in [2.24, 2.45) is 0 Å². The number of amides is 1. The number of halogens is 1. The molecule has 106 valence electrons. The van der Waals surface area contributed by atoms with Crippen LogP contribution in [0.5, 0.6) is 0 Å². The third kappa shape index (κ3) is 2.47. The molecule has 3 aromatic rings. The summed E-state index contributed by atoms with van der Waals surface area (Å²) in [4.78, 5) is 16.5. The van der Waals surface area contributed by atoms with E-state index >= 15 is 0 Å². The van der Waals surface area contributed by atoms with Gasteiger partial charge >= 0.3 is 0 Å². The molecule has 21 heavy (non-hydrogen) atoms. The van der Waals surface area contributed by atoms with Gasteiger partial charge in [-0.1, -0.05) is 0 Å². The Hall–Kier alpha value is -2.76. The number of hydrogen-bond donors (Lipinski definition) is 1. The van der Waals surface area contributed by atoms with Gasteiger partial charge in [0.25, 0.3) is 5.91 Å². The van der Waals surface area contributed by atoms with Crippen LogP contribution < -0.4 is 5.32 Å². The summed E-state index contributed by atoms with van der Waals surface area (Å²) in [5.74, 6) is -0.643. The lowest BCUT2D eigenvalue weighted by Gasteiger charge is -2.07. The molecule has 2 aromatic heterocycles. The summed E-state index contributed by atoms with van der Waals surface area (Å²) in [5, 5.41) is 6.82. The Morgan fingerprint density at radius 3 is 2.81 bits per heavy atom. The van der Waals surface area contributed by atoms with Crippen molar-refractivity contribution in [2.75, 3.05) is 5.32 Å². The Kier molecular flexibility index (Phi) is 3.13. The first-order valence-electron chi connectivity index (χ1n) is 6.43. The molecule has 0 atom stereocenters.